The van der Waals surface area contributed by atoms with Crippen LogP contribution < -0.4 is 16.0 Å². The van der Waals surface area contributed by atoms with Gasteiger partial charge in [0.15, 0.2) is 5.60 Å². The van der Waals surface area contributed by atoms with Crippen LogP contribution in [0.4, 0.5) is 4.79 Å². The molecule has 8 aliphatic heterocycles. The van der Waals surface area contributed by atoms with E-state index < -0.39 is 156 Å². The molecular weight excluding hydrogens is 1110 g/mol. The fourth-order valence-corrected chi connectivity index (χ4v) is 20.0. The topological polar surface area (TPSA) is 352 Å². The van der Waals surface area contributed by atoms with Gasteiger partial charge in [-0.1, -0.05) is 34.1 Å². The second-order valence-electron chi connectivity index (χ2n) is 29.7. The Labute approximate surface area is 490 Å². The van der Waals surface area contributed by atoms with Crippen molar-refractivity contribution in [1.82, 2.24) is 16.0 Å². The monoisotopic (exact) mass is 1200 g/mol. The number of aliphatic hydroxyl groups is 9. The summed E-state index contributed by atoms with van der Waals surface area (Å²) in [6.45, 7) is 23.7. The minimum Gasteiger partial charge on any atom is -0.431 e. The van der Waals surface area contributed by atoms with Crippen LogP contribution in [0.5, 0.6) is 0 Å². The highest BCUT2D eigenvalue weighted by molar-refractivity contribution is 8.00. The van der Waals surface area contributed by atoms with Crippen molar-refractivity contribution in [2.75, 3.05) is 58.6 Å². The van der Waals surface area contributed by atoms with Gasteiger partial charge in [-0.2, -0.15) is 11.8 Å². The maximum atomic E-state index is 14.0. The quantitative estimate of drug-likeness (QED) is 0.0418. The molecule has 0 aromatic heterocycles. The first-order valence-corrected chi connectivity index (χ1v) is 30.4. The molecule has 11 rings (SSSR count). The van der Waals surface area contributed by atoms with E-state index in [0.717, 1.165) is 12.2 Å². The first-order chi connectivity index (χ1) is 37.7. The highest BCUT2D eigenvalue weighted by atomic mass is 32.2. The van der Waals surface area contributed by atoms with E-state index >= 15 is 0 Å². The Kier molecular flexibility index (Phi) is 13.9. The van der Waals surface area contributed by atoms with Crippen molar-refractivity contribution in [2.24, 2.45) is 21.7 Å². The summed E-state index contributed by atoms with van der Waals surface area (Å²) in [7, 11) is 0. The molecule has 19 unspecified atom stereocenters. The summed E-state index contributed by atoms with van der Waals surface area (Å²) in [5, 5.41) is 115. The van der Waals surface area contributed by atoms with E-state index in [1.807, 2.05) is 6.92 Å². The molecule has 3 amide bonds. The number of esters is 1. The van der Waals surface area contributed by atoms with Gasteiger partial charge < -0.3 is 105 Å². The molecule has 11 aliphatic rings. The van der Waals surface area contributed by atoms with Crippen LogP contribution in [0.3, 0.4) is 0 Å². The van der Waals surface area contributed by atoms with E-state index in [0.29, 0.717) is 12.8 Å². The SMILES string of the molecule is CC(=O)NC1(C)C2(C)CC(C)(CO)C(CO)(O[C@@]1(C)OC(=O)CCCCC1SC[C@@H]3NC(=O)N[C@H]13)C2OCC1(C)OC2(C)C(C)(COC[C@]3(C)OC4(CO)OC(C)(C3(C)COCC3(C)OC5(C)C(C)(O)C5(O)C3(C)O)[C@]4(C)O)C2(O)C1(C)O. The average molecular weight is 1200 g/mol. The molecule has 0 aromatic rings. The van der Waals surface area contributed by atoms with E-state index in [1.54, 1.807) is 74.1 Å². The van der Waals surface area contributed by atoms with E-state index in [2.05, 4.69) is 16.0 Å². The van der Waals surface area contributed by atoms with E-state index in [4.69, 9.17) is 42.6 Å². The summed E-state index contributed by atoms with van der Waals surface area (Å²) >= 11 is 1.78. The van der Waals surface area contributed by atoms with Crippen molar-refractivity contribution in [1.29, 1.82) is 0 Å². The molecule has 11 fully saturated rings. The molecule has 0 aromatic carbocycles. The number of thioether (sulfide) groups is 1. The molecule has 3 aliphatic carbocycles. The number of nitrogens with one attached hydrogen (secondary N) is 3. The normalized spacial score (nSPS) is 58.4. The third kappa shape index (κ3) is 6.96. The molecule has 12 N–H and O–H groups in total. The average Bonchev–Trinajstić information content (AvgIpc) is 1.55. The number of hydrogen-bond donors (Lipinski definition) is 12. The molecule has 8 saturated heterocycles. The van der Waals surface area contributed by atoms with Crippen LogP contribution in [0, 0.1) is 21.7 Å². The molecule has 4 bridgehead atoms. The first kappa shape index (κ1) is 63.9. The lowest BCUT2D eigenvalue weighted by Gasteiger charge is -2.77. The van der Waals surface area contributed by atoms with Gasteiger partial charge in [0.1, 0.15) is 79.4 Å². The molecular formula is C58H95N3O21S. The number of ether oxygens (including phenoxy) is 9. The minimum atomic E-state index is -2.10. The summed E-state index contributed by atoms with van der Waals surface area (Å²) in [6, 6.07) is -0.0883. The largest absolute Gasteiger partial charge is 0.431 e. The molecule has 24 nitrogen and oxygen atoms in total. The standard InChI is InChI=1S/C58H95N3O21S/c1-32(65)61-46(9)40(3)23-39(2,24-62)55(25-63,82-54(46,17)77-35(66)21-19-18-20-34-36-33(22-83-34)59-38(67)60-36)37(40)76-31-45(8)47(10,68)57(72)42(5,52(57,15)78-45)28-75-29-43(6)41(4,51(14)49(12,70)56(26-64,80-43)81-51)27-74-30-44(7)48(11,69)58(73)50(13,71)53(58,16)79-44/h33-34,36-37,62-64,68-73H,18-31H2,1-17H3,(H,61,65)(H2,59,60,67)/t33-,34?,36-,37?,39?,40?,41?,42?,43-,44?,45?,46?,47?,48?,49-,50?,51?,52?,53?,54+,55?,56?,57?,58?/m0/s1. The third-order valence-electron chi connectivity index (χ3n) is 25.6. The van der Waals surface area contributed by atoms with Crippen LogP contribution in [0.25, 0.3) is 0 Å². The predicted octanol–water partition coefficient (Wildman–Crippen LogP) is 0.322. The maximum Gasteiger partial charge on any atom is 0.315 e. The van der Waals surface area contributed by atoms with Crippen molar-refractivity contribution >= 4 is 29.7 Å². The molecule has 83 heavy (non-hydrogen) atoms. The number of unbranched alkanes of at least 4 members (excludes halogenated alkanes) is 1. The van der Waals surface area contributed by atoms with Crippen molar-refractivity contribution in [2.45, 2.75) is 263 Å². The number of hydrogen-bond acceptors (Lipinski definition) is 22. The van der Waals surface area contributed by atoms with Gasteiger partial charge in [-0.15, -0.1) is 0 Å². The van der Waals surface area contributed by atoms with Gasteiger partial charge >= 0.3 is 12.0 Å². The van der Waals surface area contributed by atoms with Gasteiger partial charge in [-0.3, -0.25) is 9.59 Å². The van der Waals surface area contributed by atoms with Gasteiger partial charge in [0.05, 0.1) is 75.3 Å². The third-order valence-corrected chi connectivity index (χ3v) is 27.1. The summed E-state index contributed by atoms with van der Waals surface area (Å²) in [6.07, 6.45) is 0.820. The smallest absolute Gasteiger partial charge is 0.315 e. The van der Waals surface area contributed by atoms with Crippen LogP contribution in [-0.4, -0.2) is 236 Å². The van der Waals surface area contributed by atoms with Gasteiger partial charge in [-0.25, -0.2) is 4.79 Å². The number of rotatable bonds is 21. The number of aliphatic hydroxyl groups excluding tert-OH is 3. The Balaban J connectivity index is 0.843. The number of carbonyl (C=O) groups excluding carboxylic acids is 3. The number of fused-ring (bicyclic) bond motifs is 7. The Morgan fingerprint density at radius 3 is 1.73 bits per heavy atom. The lowest BCUT2D eigenvalue weighted by atomic mass is 9.50. The second kappa shape index (κ2) is 18.1. The van der Waals surface area contributed by atoms with Crippen LogP contribution in [0.15, 0.2) is 0 Å². The zero-order chi connectivity index (χ0) is 62.1. The number of carbonyl (C=O) groups is 3. The second-order valence-corrected chi connectivity index (χ2v) is 31.0. The molecule has 24 atom stereocenters. The van der Waals surface area contributed by atoms with Crippen molar-refractivity contribution in [3.05, 3.63) is 0 Å². The molecule has 3 saturated carbocycles. The highest BCUT2D eigenvalue weighted by Gasteiger charge is 2.99. The Morgan fingerprint density at radius 1 is 0.627 bits per heavy atom. The van der Waals surface area contributed by atoms with Gasteiger partial charge in [0.25, 0.3) is 0 Å². The van der Waals surface area contributed by atoms with E-state index in [9.17, 15) is 60.3 Å². The fraction of sp³-hybridized carbons (Fsp3) is 0.948. The molecule has 0 radical (unpaired) electrons. The Bertz CT molecular complexity index is 2710. The van der Waals surface area contributed by atoms with Gasteiger partial charge in [-0.05, 0) is 95.4 Å². The van der Waals surface area contributed by atoms with Crippen molar-refractivity contribution < 1.29 is 103 Å². The molecule has 8 heterocycles. The van der Waals surface area contributed by atoms with Crippen LogP contribution in [0.1, 0.15) is 150 Å². The summed E-state index contributed by atoms with van der Waals surface area (Å²) < 4.78 is 59.3. The van der Waals surface area contributed by atoms with E-state index in [1.165, 1.54) is 48.5 Å². The first-order valence-electron chi connectivity index (χ1n) is 29.3. The minimum absolute atomic E-state index is 0.00628. The molecule has 0 spiro atoms. The molecule has 25 heteroatoms. The summed E-state index contributed by atoms with van der Waals surface area (Å²) in [4.78, 5) is 39.2. The Hall–Kier alpha value is -2.12. The molecule has 474 valence electrons. The number of urea groups is 1. The lowest BCUT2D eigenvalue weighted by molar-refractivity contribution is -0.577. The highest BCUT2D eigenvalue weighted by Crippen LogP contribution is 2.79. The lowest BCUT2D eigenvalue weighted by Crippen LogP contribution is -2.94. The van der Waals surface area contributed by atoms with Gasteiger partial charge in [0.2, 0.25) is 17.5 Å². The van der Waals surface area contributed by atoms with Crippen LogP contribution in [0.2, 0.25) is 0 Å². The summed E-state index contributed by atoms with van der Waals surface area (Å²) in [5.41, 5.74) is -29.4. The van der Waals surface area contributed by atoms with Crippen molar-refractivity contribution in [3.63, 3.8) is 0 Å². The van der Waals surface area contributed by atoms with Crippen LogP contribution in [-0.2, 0) is 52.2 Å². The van der Waals surface area contributed by atoms with E-state index in [-0.39, 0.29) is 62.6 Å². The number of amides is 3. The zero-order valence-corrected chi connectivity index (χ0v) is 52.4. The fourth-order valence-electron chi connectivity index (χ4n) is 18.5. The van der Waals surface area contributed by atoms with Crippen LogP contribution >= 0.6 is 11.8 Å². The van der Waals surface area contributed by atoms with Gasteiger partial charge in [0, 0.05) is 42.1 Å². The maximum absolute atomic E-state index is 14.0. The predicted molar refractivity (Wildman–Crippen MR) is 294 cm³/mol. The zero-order valence-electron chi connectivity index (χ0n) is 51.5. The van der Waals surface area contributed by atoms with Crippen molar-refractivity contribution in [3.8, 4) is 0 Å². The Morgan fingerprint density at radius 2 is 1.20 bits per heavy atom. The summed E-state index contributed by atoms with van der Waals surface area (Å²) in [5.74, 6) is -4.11.